The second kappa shape index (κ2) is 8.44. The van der Waals surface area contributed by atoms with Crippen LogP contribution in [0.5, 0.6) is 0 Å². The van der Waals surface area contributed by atoms with Gasteiger partial charge in [0.05, 0.1) is 0 Å². The summed E-state index contributed by atoms with van der Waals surface area (Å²) in [6, 6.07) is 15.5. The van der Waals surface area contributed by atoms with Gasteiger partial charge in [-0.1, -0.05) is 23.7 Å². The van der Waals surface area contributed by atoms with Crippen molar-refractivity contribution in [2.24, 2.45) is 0 Å². The van der Waals surface area contributed by atoms with Crippen molar-refractivity contribution in [2.45, 2.75) is 26.3 Å². The largest absolute Gasteiger partial charge is 0.385 e. The van der Waals surface area contributed by atoms with Gasteiger partial charge in [0.1, 0.15) is 0 Å². The van der Waals surface area contributed by atoms with Gasteiger partial charge in [-0.05, 0) is 62.2 Å². The van der Waals surface area contributed by atoms with Crippen LogP contribution >= 0.6 is 11.6 Å². The first-order chi connectivity index (χ1) is 11.0. The van der Waals surface area contributed by atoms with E-state index in [2.05, 4.69) is 16.0 Å². The molecule has 2 aromatic carbocycles. The Balaban J connectivity index is 1.78. The second-order valence-corrected chi connectivity index (χ2v) is 6.07. The second-order valence-electron chi connectivity index (χ2n) is 5.63. The molecule has 0 fully saturated rings. The van der Waals surface area contributed by atoms with E-state index < -0.39 is 0 Å². The van der Waals surface area contributed by atoms with E-state index in [0.29, 0.717) is 0 Å². The molecular formula is C18H22ClN3O. The average molecular weight is 332 g/mol. The van der Waals surface area contributed by atoms with E-state index >= 15 is 0 Å². The summed E-state index contributed by atoms with van der Waals surface area (Å²) >= 11 is 5.87. The first-order valence-corrected chi connectivity index (χ1v) is 8.06. The zero-order chi connectivity index (χ0) is 16.7. The quantitative estimate of drug-likeness (QED) is 0.728. The van der Waals surface area contributed by atoms with Gasteiger partial charge in [0.2, 0.25) is 0 Å². The number of amides is 2. The van der Waals surface area contributed by atoms with Gasteiger partial charge in [-0.15, -0.1) is 0 Å². The molecule has 0 aliphatic carbocycles. The number of halogens is 1. The van der Waals surface area contributed by atoms with Gasteiger partial charge < -0.3 is 16.0 Å². The Kier molecular flexibility index (Phi) is 6.29. The SMILES string of the molecule is CC(C)NC(=O)Nc1ccc(NCCc2ccc(Cl)cc2)cc1. The molecule has 0 radical (unpaired) electrons. The normalized spacial score (nSPS) is 10.4. The Labute approximate surface area is 142 Å². The fourth-order valence-electron chi connectivity index (χ4n) is 2.10. The molecule has 5 heteroatoms. The van der Waals surface area contributed by atoms with Crippen molar-refractivity contribution < 1.29 is 4.79 Å². The van der Waals surface area contributed by atoms with Crippen molar-refractivity contribution in [3.63, 3.8) is 0 Å². The van der Waals surface area contributed by atoms with Crippen LogP contribution in [0.15, 0.2) is 48.5 Å². The molecule has 0 spiro atoms. The van der Waals surface area contributed by atoms with Crippen molar-refractivity contribution in [3.8, 4) is 0 Å². The van der Waals surface area contributed by atoms with Crippen LogP contribution in [0, 0.1) is 0 Å². The van der Waals surface area contributed by atoms with Gasteiger partial charge in [-0.3, -0.25) is 0 Å². The predicted molar refractivity (Wildman–Crippen MR) is 97.4 cm³/mol. The molecule has 0 saturated heterocycles. The molecule has 2 rings (SSSR count). The molecule has 0 saturated carbocycles. The molecule has 0 aliphatic heterocycles. The van der Waals surface area contributed by atoms with Gasteiger partial charge in [0.15, 0.2) is 0 Å². The molecule has 0 atom stereocenters. The number of anilines is 2. The van der Waals surface area contributed by atoms with Crippen LogP contribution in [-0.2, 0) is 6.42 Å². The van der Waals surface area contributed by atoms with Crippen molar-refractivity contribution in [1.29, 1.82) is 0 Å². The summed E-state index contributed by atoms with van der Waals surface area (Å²) in [5.41, 5.74) is 3.03. The molecule has 2 aromatic rings. The fourth-order valence-corrected chi connectivity index (χ4v) is 2.23. The average Bonchev–Trinajstić information content (AvgIpc) is 2.50. The summed E-state index contributed by atoms with van der Waals surface area (Å²) in [6.45, 7) is 4.68. The van der Waals surface area contributed by atoms with Gasteiger partial charge >= 0.3 is 6.03 Å². The van der Waals surface area contributed by atoms with E-state index in [1.807, 2.05) is 62.4 Å². The third-order valence-corrected chi connectivity index (χ3v) is 3.47. The summed E-state index contributed by atoms with van der Waals surface area (Å²) in [5.74, 6) is 0. The van der Waals surface area contributed by atoms with Crippen molar-refractivity contribution in [3.05, 3.63) is 59.1 Å². The molecular weight excluding hydrogens is 310 g/mol. The zero-order valence-electron chi connectivity index (χ0n) is 13.4. The molecule has 0 bridgehead atoms. The van der Waals surface area contributed by atoms with E-state index in [-0.39, 0.29) is 12.1 Å². The van der Waals surface area contributed by atoms with E-state index in [1.165, 1.54) is 5.56 Å². The van der Waals surface area contributed by atoms with Crippen LogP contribution in [-0.4, -0.2) is 18.6 Å². The highest BCUT2D eigenvalue weighted by atomic mass is 35.5. The topological polar surface area (TPSA) is 53.2 Å². The van der Waals surface area contributed by atoms with Gasteiger partial charge in [-0.2, -0.15) is 0 Å². The van der Waals surface area contributed by atoms with Crippen LogP contribution in [0.2, 0.25) is 5.02 Å². The standard InChI is InChI=1S/C18H22ClN3O/c1-13(2)21-18(23)22-17-9-7-16(8-10-17)20-12-11-14-3-5-15(19)6-4-14/h3-10,13,20H,11-12H2,1-2H3,(H2,21,22,23). The number of hydrogen-bond donors (Lipinski definition) is 3. The molecule has 23 heavy (non-hydrogen) atoms. The summed E-state index contributed by atoms with van der Waals surface area (Å²) in [6.07, 6.45) is 0.925. The molecule has 122 valence electrons. The summed E-state index contributed by atoms with van der Waals surface area (Å²) in [4.78, 5) is 11.6. The highest BCUT2D eigenvalue weighted by Gasteiger charge is 2.03. The Hall–Kier alpha value is -2.20. The van der Waals surface area contributed by atoms with Crippen LogP contribution < -0.4 is 16.0 Å². The van der Waals surface area contributed by atoms with E-state index in [4.69, 9.17) is 11.6 Å². The Morgan fingerprint density at radius 1 is 1.00 bits per heavy atom. The number of carbonyl (C=O) groups is 1. The van der Waals surface area contributed by atoms with E-state index in [1.54, 1.807) is 0 Å². The molecule has 4 nitrogen and oxygen atoms in total. The molecule has 0 aliphatic rings. The lowest BCUT2D eigenvalue weighted by Crippen LogP contribution is -2.34. The monoisotopic (exact) mass is 331 g/mol. The molecule has 0 unspecified atom stereocenters. The highest BCUT2D eigenvalue weighted by molar-refractivity contribution is 6.30. The van der Waals surface area contributed by atoms with Crippen LogP contribution in [0.3, 0.4) is 0 Å². The number of urea groups is 1. The van der Waals surface area contributed by atoms with Gasteiger partial charge in [-0.25, -0.2) is 4.79 Å². The van der Waals surface area contributed by atoms with Crippen molar-refractivity contribution in [2.75, 3.05) is 17.2 Å². The van der Waals surface area contributed by atoms with Gasteiger partial charge in [0, 0.05) is 29.0 Å². The smallest absolute Gasteiger partial charge is 0.319 e. The molecule has 2 amide bonds. The highest BCUT2D eigenvalue weighted by Crippen LogP contribution is 2.14. The molecule has 3 N–H and O–H groups in total. The summed E-state index contributed by atoms with van der Waals surface area (Å²) in [5, 5.41) is 9.70. The van der Waals surface area contributed by atoms with Crippen molar-refractivity contribution in [1.82, 2.24) is 5.32 Å². The minimum Gasteiger partial charge on any atom is -0.385 e. The van der Waals surface area contributed by atoms with Gasteiger partial charge in [0.25, 0.3) is 0 Å². The maximum Gasteiger partial charge on any atom is 0.319 e. The van der Waals surface area contributed by atoms with E-state index in [0.717, 1.165) is 29.4 Å². The first kappa shape index (κ1) is 17.2. The zero-order valence-corrected chi connectivity index (χ0v) is 14.2. The van der Waals surface area contributed by atoms with Crippen LogP contribution in [0.25, 0.3) is 0 Å². The Morgan fingerprint density at radius 3 is 2.22 bits per heavy atom. The number of rotatable bonds is 6. The maximum absolute atomic E-state index is 11.6. The number of carbonyl (C=O) groups excluding carboxylic acids is 1. The minimum absolute atomic E-state index is 0.115. The number of benzene rings is 2. The minimum atomic E-state index is -0.191. The Bertz CT molecular complexity index is 624. The lowest BCUT2D eigenvalue weighted by Gasteiger charge is -2.11. The lowest BCUT2D eigenvalue weighted by atomic mass is 10.1. The Morgan fingerprint density at radius 2 is 1.61 bits per heavy atom. The van der Waals surface area contributed by atoms with E-state index in [9.17, 15) is 4.79 Å². The summed E-state index contributed by atoms with van der Waals surface area (Å²) < 4.78 is 0. The number of hydrogen-bond acceptors (Lipinski definition) is 2. The molecule has 0 aromatic heterocycles. The lowest BCUT2D eigenvalue weighted by molar-refractivity contribution is 0.250. The maximum atomic E-state index is 11.6. The van der Waals surface area contributed by atoms with Crippen LogP contribution in [0.1, 0.15) is 19.4 Å². The molecule has 0 heterocycles. The summed E-state index contributed by atoms with van der Waals surface area (Å²) in [7, 11) is 0. The third kappa shape index (κ3) is 6.20. The fraction of sp³-hybridized carbons (Fsp3) is 0.278. The number of nitrogens with one attached hydrogen (secondary N) is 3. The predicted octanol–water partition coefficient (Wildman–Crippen LogP) is 4.52. The van der Waals surface area contributed by atoms with Crippen molar-refractivity contribution >= 4 is 29.0 Å². The third-order valence-electron chi connectivity index (χ3n) is 3.22. The van der Waals surface area contributed by atoms with Crippen LogP contribution in [0.4, 0.5) is 16.2 Å². The first-order valence-electron chi connectivity index (χ1n) is 7.69.